The summed E-state index contributed by atoms with van der Waals surface area (Å²) in [7, 11) is -3.86. The summed E-state index contributed by atoms with van der Waals surface area (Å²) in [6.07, 6.45) is 0.901. The Morgan fingerprint density at radius 2 is 1.80 bits per heavy atom. The van der Waals surface area contributed by atoms with Gasteiger partial charge in [0.2, 0.25) is 16.0 Å². The van der Waals surface area contributed by atoms with Crippen LogP contribution in [-0.4, -0.2) is 41.9 Å². The minimum Gasteiger partial charge on any atom is -0.383 e. The number of ether oxygens (including phenoxy) is 1. The minimum absolute atomic E-state index is 0.113. The first kappa shape index (κ1) is 20.5. The monoisotopic (exact) mass is 431 g/mol. The van der Waals surface area contributed by atoms with Crippen LogP contribution in [0, 0.1) is 5.82 Å². The molecule has 0 unspecified atom stereocenters. The zero-order valence-corrected chi connectivity index (χ0v) is 17.0. The Bertz CT molecular complexity index is 1180. The Labute approximate surface area is 173 Å². The summed E-state index contributed by atoms with van der Waals surface area (Å²) < 4.78 is 46.7. The third kappa shape index (κ3) is 3.93. The first-order valence-electron chi connectivity index (χ1n) is 9.53. The maximum atomic E-state index is 14.0. The predicted molar refractivity (Wildman–Crippen MR) is 111 cm³/mol. The summed E-state index contributed by atoms with van der Waals surface area (Å²) in [6, 6.07) is 10.9. The van der Waals surface area contributed by atoms with Gasteiger partial charge in [-0.2, -0.15) is 9.29 Å². The van der Waals surface area contributed by atoms with Crippen molar-refractivity contribution in [2.24, 2.45) is 0 Å². The van der Waals surface area contributed by atoms with Crippen molar-refractivity contribution in [3.8, 4) is 0 Å². The fourth-order valence-corrected chi connectivity index (χ4v) is 5.20. The van der Waals surface area contributed by atoms with Gasteiger partial charge < -0.3 is 16.2 Å². The average molecular weight is 431 g/mol. The molecule has 1 fully saturated rings. The van der Waals surface area contributed by atoms with Crippen LogP contribution in [0.2, 0.25) is 0 Å². The number of fused-ring (bicyclic) bond motifs is 1. The molecular weight excluding hydrogens is 409 g/mol. The van der Waals surface area contributed by atoms with Gasteiger partial charge in [-0.05, 0) is 36.6 Å². The Morgan fingerprint density at radius 3 is 2.53 bits per heavy atom. The number of benzene rings is 2. The summed E-state index contributed by atoms with van der Waals surface area (Å²) in [5, 5.41) is 0.700. The van der Waals surface area contributed by atoms with Gasteiger partial charge in [0.05, 0.1) is 18.2 Å². The number of hydrogen-bond donors (Lipinski definition) is 2. The molecule has 0 bridgehead atoms. The van der Waals surface area contributed by atoms with E-state index in [1.54, 1.807) is 6.07 Å². The maximum Gasteiger partial charge on any atom is 0.245 e. The van der Waals surface area contributed by atoms with Crippen LogP contribution in [0.25, 0.3) is 10.9 Å². The lowest BCUT2D eigenvalue weighted by molar-refractivity contribution is 0.0107. The van der Waals surface area contributed by atoms with Gasteiger partial charge in [-0.3, -0.25) is 0 Å². The van der Waals surface area contributed by atoms with E-state index in [4.69, 9.17) is 16.2 Å². The number of anilines is 2. The summed E-state index contributed by atoms with van der Waals surface area (Å²) in [5.74, 6) is -0.337. The van der Waals surface area contributed by atoms with E-state index >= 15 is 0 Å². The Balaban J connectivity index is 1.42. The SMILES string of the molecule is Nc1nc(N)c2c(COC3CCN(S(=O)(=O)c4ccccc4F)CC3)cccc2n1. The van der Waals surface area contributed by atoms with Gasteiger partial charge in [0.25, 0.3) is 0 Å². The second-order valence-corrected chi connectivity index (χ2v) is 9.03. The van der Waals surface area contributed by atoms with Gasteiger partial charge >= 0.3 is 0 Å². The highest BCUT2D eigenvalue weighted by molar-refractivity contribution is 7.89. The zero-order valence-electron chi connectivity index (χ0n) is 16.2. The lowest BCUT2D eigenvalue weighted by atomic mass is 10.1. The quantitative estimate of drug-likeness (QED) is 0.635. The highest BCUT2D eigenvalue weighted by Crippen LogP contribution is 2.27. The van der Waals surface area contributed by atoms with Crippen LogP contribution in [0.4, 0.5) is 16.2 Å². The van der Waals surface area contributed by atoms with Crippen LogP contribution in [0.15, 0.2) is 47.4 Å². The van der Waals surface area contributed by atoms with E-state index in [1.807, 2.05) is 12.1 Å². The molecule has 0 radical (unpaired) electrons. The number of nitrogens with two attached hydrogens (primary N) is 2. The number of hydrogen-bond acceptors (Lipinski definition) is 7. The van der Waals surface area contributed by atoms with Crippen LogP contribution < -0.4 is 11.5 Å². The van der Waals surface area contributed by atoms with E-state index in [2.05, 4.69) is 9.97 Å². The van der Waals surface area contributed by atoms with E-state index in [-0.39, 0.29) is 30.0 Å². The number of nitrogen functional groups attached to an aromatic ring is 2. The molecule has 0 saturated carbocycles. The predicted octanol–water partition coefficient (Wildman–Crippen LogP) is 2.30. The largest absolute Gasteiger partial charge is 0.383 e. The summed E-state index contributed by atoms with van der Waals surface area (Å²) in [6.45, 7) is 0.816. The van der Waals surface area contributed by atoms with E-state index in [9.17, 15) is 12.8 Å². The van der Waals surface area contributed by atoms with E-state index in [0.717, 1.165) is 11.6 Å². The normalized spacial score (nSPS) is 16.2. The van der Waals surface area contributed by atoms with E-state index in [0.29, 0.717) is 36.2 Å². The van der Waals surface area contributed by atoms with Crippen LogP contribution in [0.3, 0.4) is 0 Å². The number of piperidine rings is 1. The molecule has 0 amide bonds. The van der Waals surface area contributed by atoms with Crippen molar-refractivity contribution < 1.29 is 17.5 Å². The van der Waals surface area contributed by atoms with Gasteiger partial charge in [0.1, 0.15) is 16.5 Å². The van der Waals surface area contributed by atoms with Crippen molar-refractivity contribution in [2.75, 3.05) is 24.6 Å². The molecule has 0 spiro atoms. The molecule has 0 atom stereocenters. The van der Waals surface area contributed by atoms with E-state index < -0.39 is 15.8 Å². The molecule has 1 aliphatic heterocycles. The minimum atomic E-state index is -3.86. The third-order valence-corrected chi connectivity index (χ3v) is 7.12. The second-order valence-electron chi connectivity index (χ2n) is 7.12. The second kappa shape index (κ2) is 8.13. The topological polar surface area (TPSA) is 124 Å². The molecule has 1 aromatic heterocycles. The number of rotatable bonds is 5. The van der Waals surface area contributed by atoms with Crippen molar-refractivity contribution in [1.82, 2.24) is 14.3 Å². The van der Waals surface area contributed by atoms with Crippen LogP contribution in [0.5, 0.6) is 0 Å². The summed E-state index contributed by atoms with van der Waals surface area (Å²) in [4.78, 5) is 7.91. The summed E-state index contributed by atoms with van der Waals surface area (Å²) in [5.41, 5.74) is 13.1. The fraction of sp³-hybridized carbons (Fsp3) is 0.300. The molecule has 1 saturated heterocycles. The van der Waals surface area contributed by atoms with Gasteiger partial charge in [-0.1, -0.05) is 24.3 Å². The molecular formula is C20H22FN5O3S. The van der Waals surface area contributed by atoms with Crippen molar-refractivity contribution in [3.63, 3.8) is 0 Å². The fourth-order valence-electron chi connectivity index (χ4n) is 3.66. The van der Waals surface area contributed by atoms with Crippen LogP contribution in [-0.2, 0) is 21.4 Å². The molecule has 8 nitrogen and oxygen atoms in total. The Morgan fingerprint density at radius 1 is 1.07 bits per heavy atom. The van der Waals surface area contributed by atoms with Crippen molar-refractivity contribution in [1.29, 1.82) is 0 Å². The molecule has 2 heterocycles. The standard InChI is InChI=1S/C20H22FN5O3S/c21-15-5-1-2-7-17(15)30(27,28)26-10-8-14(9-11-26)29-12-13-4-3-6-16-18(13)19(22)25-20(23)24-16/h1-7,14H,8-12H2,(H4,22,23,24,25). The summed E-state index contributed by atoms with van der Waals surface area (Å²) >= 11 is 0. The van der Waals surface area contributed by atoms with Crippen LogP contribution in [0.1, 0.15) is 18.4 Å². The lowest BCUT2D eigenvalue weighted by Crippen LogP contribution is -2.41. The molecule has 30 heavy (non-hydrogen) atoms. The average Bonchev–Trinajstić information content (AvgIpc) is 2.72. The number of aromatic nitrogens is 2. The van der Waals surface area contributed by atoms with Crippen molar-refractivity contribution in [3.05, 3.63) is 53.8 Å². The lowest BCUT2D eigenvalue weighted by Gasteiger charge is -2.31. The smallest absolute Gasteiger partial charge is 0.245 e. The third-order valence-electron chi connectivity index (χ3n) is 5.18. The molecule has 4 N–H and O–H groups in total. The Kier molecular flexibility index (Phi) is 5.54. The first-order valence-corrected chi connectivity index (χ1v) is 11.0. The van der Waals surface area contributed by atoms with Gasteiger partial charge in [-0.25, -0.2) is 17.8 Å². The highest BCUT2D eigenvalue weighted by Gasteiger charge is 2.31. The molecule has 158 valence electrons. The van der Waals surface area contributed by atoms with Crippen LogP contribution >= 0.6 is 0 Å². The molecule has 1 aliphatic rings. The highest BCUT2D eigenvalue weighted by atomic mass is 32.2. The van der Waals surface area contributed by atoms with Gasteiger partial charge in [0, 0.05) is 18.5 Å². The molecule has 0 aliphatic carbocycles. The number of halogens is 1. The number of sulfonamides is 1. The van der Waals surface area contributed by atoms with Gasteiger partial charge in [0.15, 0.2) is 0 Å². The molecule has 10 heteroatoms. The molecule has 2 aromatic carbocycles. The first-order chi connectivity index (χ1) is 14.4. The maximum absolute atomic E-state index is 14.0. The zero-order chi connectivity index (χ0) is 21.3. The molecule has 4 rings (SSSR count). The van der Waals surface area contributed by atoms with Gasteiger partial charge in [-0.15, -0.1) is 0 Å². The number of nitrogens with zero attached hydrogens (tertiary/aromatic N) is 3. The Hall–Kier alpha value is -2.82. The molecule has 3 aromatic rings. The van der Waals surface area contributed by atoms with Crippen molar-refractivity contribution in [2.45, 2.75) is 30.4 Å². The van der Waals surface area contributed by atoms with E-state index in [1.165, 1.54) is 22.5 Å². The van der Waals surface area contributed by atoms with Crippen molar-refractivity contribution >= 4 is 32.7 Å².